The van der Waals surface area contributed by atoms with Gasteiger partial charge in [0.2, 0.25) is 0 Å². The van der Waals surface area contributed by atoms with E-state index >= 15 is 0 Å². The fraction of sp³-hybridized carbons (Fsp3) is 0.333. The quantitative estimate of drug-likeness (QED) is 0.847. The molecule has 0 aliphatic rings. The van der Waals surface area contributed by atoms with Gasteiger partial charge in [-0.05, 0) is 25.5 Å². The monoisotopic (exact) mass is 333 g/mol. The summed E-state index contributed by atoms with van der Waals surface area (Å²) in [5.41, 5.74) is 2.28. The van der Waals surface area contributed by atoms with Crippen LogP contribution < -0.4 is 0 Å². The molecule has 20 heavy (non-hydrogen) atoms. The Kier molecular flexibility index (Phi) is 3.83. The van der Waals surface area contributed by atoms with Gasteiger partial charge in [-0.3, -0.25) is 4.68 Å². The third-order valence-electron chi connectivity index (χ3n) is 2.86. The molecule has 2 rings (SSSR count). The minimum Gasteiger partial charge on any atom is -0.255 e. The van der Waals surface area contributed by atoms with Gasteiger partial charge in [-0.1, -0.05) is 23.2 Å². The molecule has 0 spiro atoms. The smallest absolute Gasteiger partial charge is 0.193 e. The van der Waals surface area contributed by atoms with Crippen LogP contribution >= 0.6 is 23.2 Å². The molecule has 2 aromatic heterocycles. The molecule has 0 saturated carbocycles. The average molecular weight is 334 g/mol. The number of pyridine rings is 1. The summed E-state index contributed by atoms with van der Waals surface area (Å²) in [7, 11) is -1.94. The highest BCUT2D eigenvalue weighted by atomic mass is 35.5. The fourth-order valence-corrected chi connectivity index (χ4v) is 3.77. The van der Waals surface area contributed by atoms with E-state index in [2.05, 4.69) is 10.1 Å². The van der Waals surface area contributed by atoms with Gasteiger partial charge < -0.3 is 0 Å². The van der Waals surface area contributed by atoms with Gasteiger partial charge in [0.1, 0.15) is 10.7 Å². The standard InChI is InChI=1S/C12H13Cl2N3O2S/c1-6-5-8(13)7(2)15-10(6)11-9(14)12(17(3)16-11)20(4,18)19/h5H,1-4H3. The minimum absolute atomic E-state index is 0.0250. The lowest BCUT2D eigenvalue weighted by atomic mass is 10.1. The lowest BCUT2D eigenvalue weighted by Crippen LogP contribution is -2.05. The molecule has 5 nitrogen and oxygen atoms in total. The number of halogens is 2. The van der Waals surface area contributed by atoms with E-state index in [1.807, 2.05) is 6.92 Å². The Morgan fingerprint density at radius 3 is 2.30 bits per heavy atom. The lowest BCUT2D eigenvalue weighted by molar-refractivity contribution is 0.583. The zero-order valence-electron chi connectivity index (χ0n) is 11.4. The molecule has 2 aromatic rings. The number of aryl methyl sites for hydroxylation is 3. The van der Waals surface area contributed by atoms with Gasteiger partial charge in [-0.25, -0.2) is 13.4 Å². The second-order valence-electron chi connectivity index (χ2n) is 4.58. The number of aromatic nitrogens is 3. The first-order valence-electron chi connectivity index (χ1n) is 5.69. The zero-order chi connectivity index (χ0) is 15.2. The van der Waals surface area contributed by atoms with Crippen LogP contribution in [0, 0.1) is 13.8 Å². The second-order valence-corrected chi connectivity index (χ2v) is 7.30. The molecular weight excluding hydrogens is 321 g/mol. The first-order chi connectivity index (χ1) is 9.12. The van der Waals surface area contributed by atoms with E-state index < -0.39 is 9.84 Å². The van der Waals surface area contributed by atoms with Crippen molar-refractivity contribution in [1.29, 1.82) is 0 Å². The number of rotatable bonds is 2. The molecule has 0 bridgehead atoms. The van der Waals surface area contributed by atoms with Gasteiger partial charge in [-0.2, -0.15) is 5.10 Å². The molecule has 108 valence electrons. The van der Waals surface area contributed by atoms with E-state index in [1.165, 1.54) is 11.7 Å². The van der Waals surface area contributed by atoms with Crippen molar-refractivity contribution < 1.29 is 8.42 Å². The van der Waals surface area contributed by atoms with E-state index in [9.17, 15) is 8.42 Å². The first kappa shape index (κ1) is 15.3. The minimum atomic E-state index is -3.47. The van der Waals surface area contributed by atoms with Crippen LogP contribution in [-0.2, 0) is 16.9 Å². The summed E-state index contributed by atoms with van der Waals surface area (Å²) in [6.45, 7) is 3.58. The molecular formula is C12H13Cl2N3O2S. The fourth-order valence-electron chi connectivity index (χ4n) is 1.95. The summed E-state index contributed by atoms with van der Waals surface area (Å²) in [5, 5.41) is 4.77. The molecule has 0 unspecified atom stereocenters. The van der Waals surface area contributed by atoms with Gasteiger partial charge in [0, 0.05) is 13.3 Å². The SMILES string of the molecule is Cc1cc(Cl)c(C)nc1-c1nn(C)c(S(C)(=O)=O)c1Cl. The van der Waals surface area contributed by atoms with Gasteiger partial charge >= 0.3 is 0 Å². The molecule has 0 aliphatic heterocycles. The van der Waals surface area contributed by atoms with Gasteiger partial charge in [0.15, 0.2) is 14.9 Å². The van der Waals surface area contributed by atoms with Crippen molar-refractivity contribution in [2.75, 3.05) is 6.26 Å². The van der Waals surface area contributed by atoms with Crippen LogP contribution in [0.1, 0.15) is 11.3 Å². The van der Waals surface area contributed by atoms with Gasteiger partial charge in [0.25, 0.3) is 0 Å². The largest absolute Gasteiger partial charge is 0.255 e. The maximum atomic E-state index is 11.7. The normalized spacial score (nSPS) is 11.9. The van der Waals surface area contributed by atoms with Crippen molar-refractivity contribution in [2.24, 2.45) is 7.05 Å². The summed E-state index contributed by atoms with van der Waals surface area (Å²) in [6.07, 6.45) is 1.09. The highest BCUT2D eigenvalue weighted by Crippen LogP contribution is 2.34. The van der Waals surface area contributed by atoms with Crippen LogP contribution in [0.5, 0.6) is 0 Å². The lowest BCUT2D eigenvalue weighted by Gasteiger charge is -2.05. The van der Waals surface area contributed by atoms with Gasteiger partial charge in [-0.15, -0.1) is 0 Å². The topological polar surface area (TPSA) is 64.8 Å². The van der Waals surface area contributed by atoms with Crippen LogP contribution in [0.4, 0.5) is 0 Å². The number of sulfone groups is 1. The molecule has 0 aromatic carbocycles. The van der Waals surface area contributed by atoms with Crippen LogP contribution in [0.3, 0.4) is 0 Å². The first-order valence-corrected chi connectivity index (χ1v) is 8.34. The maximum Gasteiger partial charge on any atom is 0.193 e. The number of hydrogen-bond acceptors (Lipinski definition) is 4. The molecule has 0 radical (unpaired) electrons. The van der Waals surface area contributed by atoms with Crippen LogP contribution in [0.15, 0.2) is 11.1 Å². The summed E-state index contributed by atoms with van der Waals surface area (Å²) >= 11 is 12.2. The van der Waals surface area contributed by atoms with Crippen molar-refractivity contribution in [1.82, 2.24) is 14.8 Å². The molecule has 0 fully saturated rings. The molecule has 0 amide bonds. The predicted molar refractivity (Wildman–Crippen MR) is 79.0 cm³/mol. The van der Waals surface area contributed by atoms with E-state index in [-0.39, 0.29) is 10.0 Å². The molecule has 0 atom stereocenters. The van der Waals surface area contributed by atoms with E-state index in [0.717, 1.165) is 11.8 Å². The third kappa shape index (κ3) is 2.55. The molecule has 2 heterocycles. The second kappa shape index (κ2) is 5.02. The highest BCUT2D eigenvalue weighted by Gasteiger charge is 2.25. The van der Waals surface area contributed by atoms with Gasteiger partial charge in [0.05, 0.1) is 16.4 Å². The van der Waals surface area contributed by atoms with Crippen LogP contribution in [-0.4, -0.2) is 29.4 Å². The average Bonchev–Trinajstić information content (AvgIpc) is 2.58. The van der Waals surface area contributed by atoms with Crippen molar-refractivity contribution >= 4 is 33.0 Å². The zero-order valence-corrected chi connectivity index (χ0v) is 13.7. The number of nitrogens with zero attached hydrogens (tertiary/aromatic N) is 3. The van der Waals surface area contributed by atoms with E-state index in [0.29, 0.717) is 22.1 Å². The van der Waals surface area contributed by atoms with E-state index in [4.69, 9.17) is 23.2 Å². The van der Waals surface area contributed by atoms with Crippen molar-refractivity contribution in [3.05, 3.63) is 27.4 Å². The van der Waals surface area contributed by atoms with Crippen molar-refractivity contribution in [2.45, 2.75) is 18.9 Å². The summed E-state index contributed by atoms with van der Waals surface area (Å²) in [4.78, 5) is 4.35. The Bertz CT molecular complexity index is 798. The van der Waals surface area contributed by atoms with E-state index in [1.54, 1.807) is 13.0 Å². The van der Waals surface area contributed by atoms with Crippen LogP contribution in [0.25, 0.3) is 11.4 Å². The van der Waals surface area contributed by atoms with Crippen molar-refractivity contribution in [3.8, 4) is 11.4 Å². The molecule has 0 saturated heterocycles. The van der Waals surface area contributed by atoms with Crippen LogP contribution in [0.2, 0.25) is 10.0 Å². The Morgan fingerprint density at radius 2 is 1.80 bits per heavy atom. The Morgan fingerprint density at radius 1 is 1.20 bits per heavy atom. The Hall–Kier alpha value is -1.11. The molecule has 0 N–H and O–H groups in total. The Labute approximate surface area is 127 Å². The summed E-state index contributed by atoms with van der Waals surface area (Å²) < 4.78 is 24.7. The summed E-state index contributed by atoms with van der Waals surface area (Å²) in [5.74, 6) is 0. The number of hydrogen-bond donors (Lipinski definition) is 0. The predicted octanol–water partition coefficient (Wildman–Crippen LogP) is 2.81. The highest BCUT2D eigenvalue weighted by molar-refractivity contribution is 7.90. The molecule has 0 aliphatic carbocycles. The van der Waals surface area contributed by atoms with Crippen molar-refractivity contribution in [3.63, 3.8) is 0 Å². The Balaban J connectivity index is 2.76. The molecule has 8 heteroatoms. The third-order valence-corrected chi connectivity index (χ3v) is 4.88. The maximum absolute atomic E-state index is 11.7. The summed E-state index contributed by atoms with van der Waals surface area (Å²) in [6, 6.07) is 1.75.